The maximum absolute atomic E-state index is 10.9. The number of carbonyl (C=O) groups is 2. The molecule has 1 amide bonds. The molecule has 1 fully saturated rings. The minimum absolute atomic E-state index is 0.279. The highest BCUT2D eigenvalue weighted by Gasteiger charge is 2.51. The van der Waals surface area contributed by atoms with Crippen LogP contribution in [0.15, 0.2) is 0 Å². The fourth-order valence-electron chi connectivity index (χ4n) is 0.777. The predicted octanol–water partition coefficient (Wildman–Crippen LogP) is -0.619. The van der Waals surface area contributed by atoms with E-state index < -0.39 is 17.5 Å². The lowest BCUT2D eigenvalue weighted by molar-refractivity contribution is -0.144. The number of rotatable bonds is 2. The molecular formula is C6H9NO4. The van der Waals surface area contributed by atoms with Crippen molar-refractivity contribution < 1.29 is 19.4 Å². The van der Waals surface area contributed by atoms with Gasteiger partial charge in [-0.3, -0.25) is 4.79 Å². The number of aliphatic hydroxyl groups is 1. The Balaban J connectivity index is 2.48. The van der Waals surface area contributed by atoms with Crippen LogP contribution in [-0.4, -0.2) is 23.8 Å². The Morgan fingerprint density at radius 3 is 2.36 bits per heavy atom. The highest BCUT2D eigenvalue weighted by molar-refractivity contribution is 5.89. The second-order valence-corrected chi connectivity index (χ2v) is 2.65. The van der Waals surface area contributed by atoms with Gasteiger partial charge in [-0.15, -0.1) is 0 Å². The number of ether oxygens (including phenoxy) is 1. The molecule has 0 atom stereocenters. The van der Waals surface area contributed by atoms with Gasteiger partial charge in [-0.25, -0.2) is 4.79 Å². The molecule has 1 aliphatic rings. The van der Waals surface area contributed by atoms with Gasteiger partial charge in [0.15, 0.2) is 0 Å². The SMILES string of the molecule is NC(=O)OC(=O)C1(CO)CC1. The quantitative estimate of drug-likeness (QED) is 0.415. The highest BCUT2D eigenvalue weighted by atomic mass is 16.6. The summed E-state index contributed by atoms with van der Waals surface area (Å²) in [6.07, 6.45) is 0.0142. The average Bonchev–Trinajstić information content (AvgIpc) is 2.65. The van der Waals surface area contributed by atoms with E-state index >= 15 is 0 Å². The van der Waals surface area contributed by atoms with E-state index in [1.54, 1.807) is 0 Å². The molecule has 1 aliphatic carbocycles. The fourth-order valence-corrected chi connectivity index (χ4v) is 0.777. The topological polar surface area (TPSA) is 89.6 Å². The molecule has 0 aromatic heterocycles. The summed E-state index contributed by atoms with van der Waals surface area (Å²) in [5, 5.41) is 8.69. The van der Waals surface area contributed by atoms with Crippen molar-refractivity contribution in [1.82, 2.24) is 0 Å². The molecule has 0 bridgehead atoms. The summed E-state index contributed by atoms with van der Waals surface area (Å²) in [4.78, 5) is 21.0. The van der Waals surface area contributed by atoms with Crippen LogP contribution in [0, 0.1) is 5.41 Å². The van der Waals surface area contributed by atoms with Crippen LogP contribution >= 0.6 is 0 Å². The molecule has 62 valence electrons. The number of esters is 1. The lowest BCUT2D eigenvalue weighted by Gasteiger charge is -2.07. The van der Waals surface area contributed by atoms with E-state index in [0.29, 0.717) is 12.8 Å². The van der Waals surface area contributed by atoms with E-state index in [1.807, 2.05) is 0 Å². The van der Waals surface area contributed by atoms with Gasteiger partial charge in [0.25, 0.3) is 0 Å². The summed E-state index contributed by atoms with van der Waals surface area (Å²) in [6.45, 7) is -0.279. The molecule has 1 saturated carbocycles. The van der Waals surface area contributed by atoms with Crippen LogP contribution < -0.4 is 5.73 Å². The molecule has 5 heteroatoms. The van der Waals surface area contributed by atoms with E-state index in [-0.39, 0.29) is 6.61 Å². The second kappa shape index (κ2) is 2.50. The van der Waals surface area contributed by atoms with E-state index in [2.05, 4.69) is 10.5 Å². The summed E-state index contributed by atoms with van der Waals surface area (Å²) in [7, 11) is 0. The summed E-state index contributed by atoms with van der Waals surface area (Å²) in [6, 6.07) is 0. The van der Waals surface area contributed by atoms with E-state index in [0.717, 1.165) is 0 Å². The first-order valence-electron chi connectivity index (χ1n) is 3.23. The number of amides is 1. The molecule has 0 unspecified atom stereocenters. The Morgan fingerprint density at radius 2 is 2.09 bits per heavy atom. The predicted molar refractivity (Wildman–Crippen MR) is 34.4 cm³/mol. The van der Waals surface area contributed by atoms with Crippen LogP contribution in [0.1, 0.15) is 12.8 Å². The van der Waals surface area contributed by atoms with Crippen molar-refractivity contribution in [1.29, 1.82) is 0 Å². The van der Waals surface area contributed by atoms with Crippen LogP contribution in [0.3, 0.4) is 0 Å². The van der Waals surface area contributed by atoms with Crippen LogP contribution in [0.5, 0.6) is 0 Å². The summed E-state index contributed by atoms with van der Waals surface area (Å²) >= 11 is 0. The number of nitrogens with two attached hydrogens (primary N) is 1. The smallest absolute Gasteiger partial charge is 0.395 e. The largest absolute Gasteiger partial charge is 0.412 e. The zero-order chi connectivity index (χ0) is 8.48. The van der Waals surface area contributed by atoms with E-state index in [9.17, 15) is 9.59 Å². The van der Waals surface area contributed by atoms with Gasteiger partial charge in [0.05, 0.1) is 12.0 Å². The average molecular weight is 159 g/mol. The third-order valence-corrected chi connectivity index (χ3v) is 1.78. The van der Waals surface area contributed by atoms with Crippen LogP contribution in [0.2, 0.25) is 0 Å². The molecule has 0 spiro atoms. The zero-order valence-corrected chi connectivity index (χ0v) is 5.87. The first-order valence-corrected chi connectivity index (χ1v) is 3.23. The lowest BCUT2D eigenvalue weighted by Crippen LogP contribution is -2.28. The Bertz CT molecular complexity index is 197. The molecule has 1 rings (SSSR count). The van der Waals surface area contributed by atoms with Gasteiger partial charge in [-0.2, -0.15) is 0 Å². The Hall–Kier alpha value is -1.10. The molecule has 0 radical (unpaired) electrons. The van der Waals surface area contributed by atoms with E-state index in [4.69, 9.17) is 5.11 Å². The van der Waals surface area contributed by atoms with Crippen LogP contribution in [0.4, 0.5) is 4.79 Å². The third-order valence-electron chi connectivity index (χ3n) is 1.78. The summed E-state index contributed by atoms with van der Waals surface area (Å²) in [5.74, 6) is -0.715. The first kappa shape index (κ1) is 8.00. The van der Waals surface area contributed by atoms with Gasteiger partial charge in [0.1, 0.15) is 0 Å². The summed E-state index contributed by atoms with van der Waals surface area (Å²) < 4.78 is 4.11. The Labute approximate surface area is 63.1 Å². The minimum Gasteiger partial charge on any atom is -0.395 e. The number of carbonyl (C=O) groups excluding carboxylic acids is 2. The maximum Gasteiger partial charge on any atom is 0.412 e. The number of hydrogen-bond donors (Lipinski definition) is 2. The molecule has 0 saturated heterocycles. The second-order valence-electron chi connectivity index (χ2n) is 2.65. The third kappa shape index (κ3) is 1.48. The van der Waals surface area contributed by atoms with Gasteiger partial charge in [0.2, 0.25) is 0 Å². The van der Waals surface area contributed by atoms with Crippen molar-refractivity contribution in [2.24, 2.45) is 11.1 Å². The maximum atomic E-state index is 10.9. The van der Waals surface area contributed by atoms with Gasteiger partial charge >= 0.3 is 12.1 Å². The molecule has 5 nitrogen and oxygen atoms in total. The van der Waals surface area contributed by atoms with Gasteiger partial charge in [-0.1, -0.05) is 0 Å². The van der Waals surface area contributed by atoms with Crippen molar-refractivity contribution in [3.63, 3.8) is 0 Å². The Kier molecular flexibility index (Phi) is 1.82. The molecule has 0 aromatic carbocycles. The standard InChI is InChI=1S/C6H9NO4/c7-5(10)11-4(9)6(3-8)1-2-6/h8H,1-3H2,(H2,7,10). The molecule has 0 aromatic rings. The summed E-state index contributed by atoms with van der Waals surface area (Å²) in [5.41, 5.74) is 3.78. The van der Waals surface area contributed by atoms with Gasteiger partial charge < -0.3 is 15.6 Å². The molecular weight excluding hydrogens is 150 g/mol. The van der Waals surface area contributed by atoms with Crippen LogP contribution in [0.25, 0.3) is 0 Å². The van der Waals surface area contributed by atoms with E-state index in [1.165, 1.54) is 0 Å². The minimum atomic E-state index is -1.12. The van der Waals surface area contributed by atoms with Crippen molar-refractivity contribution in [2.45, 2.75) is 12.8 Å². The van der Waals surface area contributed by atoms with Crippen molar-refractivity contribution in [2.75, 3.05) is 6.61 Å². The zero-order valence-electron chi connectivity index (χ0n) is 5.87. The number of hydrogen-bond acceptors (Lipinski definition) is 4. The fraction of sp³-hybridized carbons (Fsp3) is 0.667. The van der Waals surface area contributed by atoms with Gasteiger partial charge in [0, 0.05) is 0 Å². The monoisotopic (exact) mass is 159 g/mol. The number of primary amides is 1. The van der Waals surface area contributed by atoms with Crippen molar-refractivity contribution in [3.05, 3.63) is 0 Å². The van der Waals surface area contributed by atoms with Crippen LogP contribution in [-0.2, 0) is 9.53 Å². The van der Waals surface area contributed by atoms with Gasteiger partial charge in [-0.05, 0) is 12.8 Å². The van der Waals surface area contributed by atoms with Crippen molar-refractivity contribution >= 4 is 12.1 Å². The highest BCUT2D eigenvalue weighted by Crippen LogP contribution is 2.46. The number of aliphatic hydroxyl groups excluding tert-OH is 1. The normalized spacial score (nSPS) is 19.0. The molecule has 11 heavy (non-hydrogen) atoms. The lowest BCUT2D eigenvalue weighted by atomic mass is 10.1. The first-order chi connectivity index (χ1) is 5.10. The molecule has 0 heterocycles. The molecule has 0 aliphatic heterocycles. The van der Waals surface area contributed by atoms with Crippen molar-refractivity contribution in [3.8, 4) is 0 Å². The Morgan fingerprint density at radius 1 is 1.55 bits per heavy atom. The molecule has 3 N–H and O–H groups in total.